The minimum atomic E-state index is 0.231. The summed E-state index contributed by atoms with van der Waals surface area (Å²) >= 11 is 0. The molecule has 0 spiro atoms. The van der Waals surface area contributed by atoms with Crippen LogP contribution in [0.1, 0.15) is 56.7 Å². The van der Waals surface area contributed by atoms with Gasteiger partial charge >= 0.3 is 0 Å². The van der Waals surface area contributed by atoms with E-state index in [4.69, 9.17) is 5.73 Å². The Kier molecular flexibility index (Phi) is 5.00. The molecule has 1 aliphatic carbocycles. The average Bonchev–Trinajstić information content (AvgIpc) is 3.24. The van der Waals surface area contributed by atoms with Gasteiger partial charge in [0.1, 0.15) is 0 Å². The van der Waals surface area contributed by atoms with Gasteiger partial charge in [-0.15, -0.1) is 0 Å². The van der Waals surface area contributed by atoms with Gasteiger partial charge < -0.3 is 5.73 Å². The lowest BCUT2D eigenvalue weighted by Gasteiger charge is -2.36. The lowest BCUT2D eigenvalue weighted by molar-refractivity contribution is 0.159. The quantitative estimate of drug-likeness (QED) is 0.811. The summed E-state index contributed by atoms with van der Waals surface area (Å²) in [4.78, 5) is 2.65. The molecule has 1 fully saturated rings. The van der Waals surface area contributed by atoms with Crippen LogP contribution in [-0.4, -0.2) is 23.5 Å². The molecule has 0 radical (unpaired) electrons. The molecule has 2 rings (SSSR count). The Hall–Kier alpha value is -0.860. The normalized spacial score (nSPS) is 18.6. The standard InChI is InChI=1S/C17H28N2/c1-4-12-19(15-10-11-15)17(16(18)5-2)14-8-6-13(3)7-9-14/h6-9,15-17H,4-5,10-12,18H2,1-3H3. The minimum absolute atomic E-state index is 0.231. The van der Waals surface area contributed by atoms with E-state index in [0.717, 1.165) is 19.0 Å². The number of rotatable bonds is 7. The van der Waals surface area contributed by atoms with Crippen molar-refractivity contribution in [2.45, 2.75) is 64.6 Å². The highest BCUT2D eigenvalue weighted by molar-refractivity contribution is 5.26. The predicted molar refractivity (Wildman–Crippen MR) is 82.2 cm³/mol. The van der Waals surface area contributed by atoms with Crippen molar-refractivity contribution in [2.75, 3.05) is 6.54 Å². The van der Waals surface area contributed by atoms with Gasteiger partial charge in [0.15, 0.2) is 0 Å². The van der Waals surface area contributed by atoms with Crippen molar-refractivity contribution in [3.05, 3.63) is 35.4 Å². The van der Waals surface area contributed by atoms with E-state index in [1.807, 2.05) is 0 Å². The molecule has 1 aromatic rings. The highest BCUT2D eigenvalue weighted by Gasteiger charge is 2.36. The summed E-state index contributed by atoms with van der Waals surface area (Å²) in [5.74, 6) is 0. The van der Waals surface area contributed by atoms with Crippen LogP contribution in [0.4, 0.5) is 0 Å². The summed E-state index contributed by atoms with van der Waals surface area (Å²) in [5, 5.41) is 0. The van der Waals surface area contributed by atoms with E-state index in [0.29, 0.717) is 6.04 Å². The lowest BCUT2D eigenvalue weighted by Crippen LogP contribution is -2.42. The molecule has 0 amide bonds. The van der Waals surface area contributed by atoms with Gasteiger partial charge in [0.2, 0.25) is 0 Å². The maximum atomic E-state index is 6.44. The molecule has 2 N–H and O–H groups in total. The molecular weight excluding hydrogens is 232 g/mol. The van der Waals surface area contributed by atoms with Crippen LogP contribution >= 0.6 is 0 Å². The Morgan fingerprint density at radius 3 is 2.32 bits per heavy atom. The van der Waals surface area contributed by atoms with Crippen LogP contribution in [0, 0.1) is 6.92 Å². The first-order valence-electron chi connectivity index (χ1n) is 7.75. The topological polar surface area (TPSA) is 29.3 Å². The smallest absolute Gasteiger partial charge is 0.0501 e. The number of aryl methyl sites for hydroxylation is 1. The van der Waals surface area contributed by atoms with Crippen LogP contribution < -0.4 is 5.73 Å². The Labute approximate surface area is 118 Å². The van der Waals surface area contributed by atoms with Gasteiger partial charge in [-0.25, -0.2) is 0 Å². The van der Waals surface area contributed by atoms with E-state index < -0.39 is 0 Å². The summed E-state index contributed by atoms with van der Waals surface area (Å²) in [6.07, 6.45) is 4.93. The van der Waals surface area contributed by atoms with E-state index >= 15 is 0 Å². The van der Waals surface area contributed by atoms with Crippen molar-refractivity contribution in [3.8, 4) is 0 Å². The zero-order valence-corrected chi connectivity index (χ0v) is 12.6. The first kappa shape index (κ1) is 14.5. The zero-order chi connectivity index (χ0) is 13.8. The summed E-state index contributed by atoms with van der Waals surface area (Å²) in [5.41, 5.74) is 9.15. The van der Waals surface area contributed by atoms with E-state index in [9.17, 15) is 0 Å². The minimum Gasteiger partial charge on any atom is -0.326 e. The Morgan fingerprint density at radius 2 is 1.84 bits per heavy atom. The van der Waals surface area contributed by atoms with Gasteiger partial charge in [-0.3, -0.25) is 4.90 Å². The molecule has 0 saturated heterocycles. The van der Waals surface area contributed by atoms with Gasteiger partial charge in [0.25, 0.3) is 0 Å². The molecule has 0 aliphatic heterocycles. The van der Waals surface area contributed by atoms with Crippen molar-refractivity contribution in [1.82, 2.24) is 4.90 Å². The second-order valence-corrected chi connectivity index (χ2v) is 5.90. The molecule has 1 aliphatic rings. The van der Waals surface area contributed by atoms with Gasteiger partial charge in [0, 0.05) is 12.1 Å². The maximum absolute atomic E-state index is 6.44. The first-order chi connectivity index (χ1) is 9.17. The Balaban J connectivity index is 2.25. The van der Waals surface area contributed by atoms with Gasteiger partial charge in [-0.05, 0) is 44.7 Å². The molecule has 0 heterocycles. The molecule has 0 aromatic heterocycles. The SMILES string of the molecule is CCCN(C1CC1)C(c1ccc(C)cc1)C(N)CC. The zero-order valence-electron chi connectivity index (χ0n) is 12.6. The third kappa shape index (κ3) is 3.58. The first-order valence-corrected chi connectivity index (χ1v) is 7.75. The fourth-order valence-electron chi connectivity index (χ4n) is 2.88. The Morgan fingerprint density at radius 1 is 1.21 bits per heavy atom. The van der Waals surface area contributed by atoms with Crippen LogP contribution in [0.2, 0.25) is 0 Å². The van der Waals surface area contributed by atoms with Crippen LogP contribution in [-0.2, 0) is 0 Å². The number of hydrogen-bond donors (Lipinski definition) is 1. The van der Waals surface area contributed by atoms with Crippen molar-refractivity contribution in [3.63, 3.8) is 0 Å². The maximum Gasteiger partial charge on any atom is 0.0501 e. The van der Waals surface area contributed by atoms with E-state index in [-0.39, 0.29) is 6.04 Å². The van der Waals surface area contributed by atoms with Crippen LogP contribution in [0.25, 0.3) is 0 Å². The third-order valence-corrected chi connectivity index (χ3v) is 4.15. The molecule has 1 saturated carbocycles. The molecule has 1 aromatic carbocycles. The summed E-state index contributed by atoms with van der Waals surface area (Å²) < 4.78 is 0. The van der Waals surface area contributed by atoms with E-state index in [1.54, 1.807) is 0 Å². The lowest BCUT2D eigenvalue weighted by atomic mass is 9.95. The molecule has 106 valence electrons. The third-order valence-electron chi connectivity index (χ3n) is 4.15. The number of nitrogens with zero attached hydrogens (tertiary/aromatic N) is 1. The van der Waals surface area contributed by atoms with Crippen LogP contribution in [0.15, 0.2) is 24.3 Å². The van der Waals surface area contributed by atoms with Crippen LogP contribution in [0.3, 0.4) is 0 Å². The molecule has 2 nitrogen and oxygen atoms in total. The largest absolute Gasteiger partial charge is 0.326 e. The van der Waals surface area contributed by atoms with Crippen molar-refractivity contribution < 1.29 is 0 Å². The van der Waals surface area contributed by atoms with Crippen LogP contribution in [0.5, 0.6) is 0 Å². The molecule has 19 heavy (non-hydrogen) atoms. The van der Waals surface area contributed by atoms with Crippen molar-refractivity contribution in [2.24, 2.45) is 5.73 Å². The predicted octanol–water partition coefficient (Wildman–Crippen LogP) is 3.65. The number of nitrogens with two attached hydrogens (primary N) is 1. The fraction of sp³-hybridized carbons (Fsp3) is 0.647. The Bertz CT molecular complexity index is 381. The highest BCUT2D eigenvalue weighted by atomic mass is 15.2. The molecular formula is C17H28N2. The average molecular weight is 260 g/mol. The van der Waals surface area contributed by atoms with Gasteiger partial charge in [0.05, 0.1) is 6.04 Å². The number of benzene rings is 1. The molecule has 0 bridgehead atoms. The van der Waals surface area contributed by atoms with E-state index in [1.165, 1.54) is 30.4 Å². The van der Waals surface area contributed by atoms with Crippen molar-refractivity contribution in [1.29, 1.82) is 0 Å². The monoisotopic (exact) mass is 260 g/mol. The molecule has 2 heteroatoms. The number of hydrogen-bond acceptors (Lipinski definition) is 2. The summed E-state index contributed by atoms with van der Waals surface area (Å²) in [6.45, 7) is 7.77. The van der Waals surface area contributed by atoms with Gasteiger partial charge in [-0.1, -0.05) is 43.7 Å². The fourth-order valence-corrected chi connectivity index (χ4v) is 2.88. The van der Waals surface area contributed by atoms with Crippen molar-refractivity contribution >= 4 is 0 Å². The second kappa shape index (κ2) is 6.53. The van der Waals surface area contributed by atoms with E-state index in [2.05, 4.69) is 49.9 Å². The highest BCUT2D eigenvalue weighted by Crippen LogP contribution is 2.36. The molecule has 2 atom stereocenters. The molecule has 2 unspecified atom stereocenters. The van der Waals surface area contributed by atoms with Gasteiger partial charge in [-0.2, -0.15) is 0 Å². The second-order valence-electron chi connectivity index (χ2n) is 5.90. The summed E-state index contributed by atoms with van der Waals surface area (Å²) in [7, 11) is 0. The summed E-state index contributed by atoms with van der Waals surface area (Å²) in [6, 6.07) is 10.3.